The Bertz CT molecular complexity index is 868. The first kappa shape index (κ1) is 22.5. The number of methoxy groups -OCH3 is 1. The van der Waals surface area contributed by atoms with Crippen LogP contribution in [-0.4, -0.2) is 62.2 Å². The minimum absolute atomic E-state index is 0.00482. The molecule has 0 aliphatic carbocycles. The highest BCUT2D eigenvalue weighted by Gasteiger charge is 2.23. The van der Waals surface area contributed by atoms with Gasteiger partial charge in [-0.15, -0.1) is 0 Å². The van der Waals surface area contributed by atoms with Crippen LogP contribution in [0, 0.1) is 10.1 Å². The molecule has 0 aromatic heterocycles. The van der Waals surface area contributed by atoms with Gasteiger partial charge < -0.3 is 20.1 Å². The van der Waals surface area contributed by atoms with Gasteiger partial charge in [0.1, 0.15) is 11.4 Å². The highest BCUT2D eigenvalue weighted by Crippen LogP contribution is 2.24. The maximum absolute atomic E-state index is 12.4. The largest absolute Gasteiger partial charge is 0.497 e. The van der Waals surface area contributed by atoms with Gasteiger partial charge in [-0.05, 0) is 23.8 Å². The average Bonchev–Trinajstić information content (AvgIpc) is 2.80. The molecule has 166 valence electrons. The topological polar surface area (TPSA) is 106 Å². The molecule has 1 aliphatic heterocycles. The van der Waals surface area contributed by atoms with Crippen LogP contribution in [0.3, 0.4) is 0 Å². The minimum Gasteiger partial charge on any atom is -0.497 e. The molecule has 0 unspecified atom stereocenters. The number of carbonyl (C=O) groups excluding carboxylic acids is 1. The Balaban J connectivity index is 1.55. The molecule has 1 saturated heterocycles. The third-order valence-electron chi connectivity index (χ3n) is 5.25. The summed E-state index contributed by atoms with van der Waals surface area (Å²) in [4.78, 5) is 25.4. The van der Waals surface area contributed by atoms with Crippen LogP contribution in [0.5, 0.6) is 5.75 Å². The van der Waals surface area contributed by atoms with Gasteiger partial charge in [0, 0.05) is 38.7 Å². The second-order valence-electron chi connectivity index (χ2n) is 7.19. The van der Waals surface area contributed by atoms with Crippen molar-refractivity contribution >= 4 is 17.3 Å². The van der Waals surface area contributed by atoms with Crippen molar-refractivity contribution in [2.45, 2.75) is 12.5 Å². The van der Waals surface area contributed by atoms with Crippen LogP contribution in [0.1, 0.15) is 18.0 Å². The number of morpholine rings is 1. The Morgan fingerprint density at radius 1 is 1.19 bits per heavy atom. The van der Waals surface area contributed by atoms with Gasteiger partial charge >= 0.3 is 0 Å². The lowest BCUT2D eigenvalue weighted by Crippen LogP contribution is -2.44. The number of carbonyl (C=O) groups is 1. The Morgan fingerprint density at radius 2 is 1.90 bits per heavy atom. The molecule has 0 bridgehead atoms. The lowest BCUT2D eigenvalue weighted by molar-refractivity contribution is -0.384. The number of rotatable bonds is 10. The van der Waals surface area contributed by atoms with Crippen LogP contribution < -0.4 is 15.4 Å². The summed E-state index contributed by atoms with van der Waals surface area (Å²) in [7, 11) is 1.63. The summed E-state index contributed by atoms with van der Waals surface area (Å²) in [6.45, 7) is 3.70. The maximum Gasteiger partial charge on any atom is 0.292 e. The lowest BCUT2D eigenvalue weighted by Gasteiger charge is -2.35. The molecule has 9 heteroatoms. The van der Waals surface area contributed by atoms with E-state index in [4.69, 9.17) is 9.47 Å². The van der Waals surface area contributed by atoms with E-state index in [2.05, 4.69) is 15.5 Å². The Labute approximate surface area is 181 Å². The first-order chi connectivity index (χ1) is 15.1. The number of amides is 1. The van der Waals surface area contributed by atoms with Crippen LogP contribution in [0.2, 0.25) is 0 Å². The molecule has 2 aromatic carbocycles. The molecule has 1 heterocycles. The average molecular weight is 428 g/mol. The van der Waals surface area contributed by atoms with E-state index in [0.29, 0.717) is 32.0 Å². The number of nitro groups is 1. The first-order valence-corrected chi connectivity index (χ1v) is 10.3. The van der Waals surface area contributed by atoms with Gasteiger partial charge in [-0.25, -0.2) is 0 Å². The van der Waals surface area contributed by atoms with E-state index in [1.54, 1.807) is 25.3 Å². The molecule has 9 nitrogen and oxygen atoms in total. The predicted octanol–water partition coefficient (Wildman–Crippen LogP) is 2.60. The Hall–Kier alpha value is -3.17. The van der Waals surface area contributed by atoms with Crippen molar-refractivity contribution in [3.8, 4) is 5.75 Å². The summed E-state index contributed by atoms with van der Waals surface area (Å²) in [5.74, 6) is 0.674. The van der Waals surface area contributed by atoms with Crippen LogP contribution in [0.4, 0.5) is 11.4 Å². The monoisotopic (exact) mass is 428 g/mol. The molecule has 31 heavy (non-hydrogen) atoms. The number of para-hydroxylation sites is 2. The lowest BCUT2D eigenvalue weighted by atomic mass is 10.0. The smallest absolute Gasteiger partial charge is 0.292 e. The number of nitro benzene ring substituents is 1. The molecule has 1 atom stereocenters. The van der Waals surface area contributed by atoms with Gasteiger partial charge in [-0.2, -0.15) is 0 Å². The van der Waals surface area contributed by atoms with E-state index >= 15 is 0 Å². The Morgan fingerprint density at radius 3 is 2.58 bits per heavy atom. The SMILES string of the molecule is COc1ccc([C@H](CNC(=O)CCNc2ccccc2[N+](=O)[O-])N2CCOCC2)cc1. The molecule has 0 saturated carbocycles. The van der Waals surface area contributed by atoms with E-state index in [1.807, 2.05) is 24.3 Å². The third kappa shape index (κ3) is 6.40. The zero-order chi connectivity index (χ0) is 22.1. The summed E-state index contributed by atoms with van der Waals surface area (Å²) in [6.07, 6.45) is 0.213. The Kier molecular flexibility index (Phi) is 8.19. The maximum atomic E-state index is 12.4. The van der Waals surface area contributed by atoms with E-state index in [9.17, 15) is 14.9 Å². The van der Waals surface area contributed by atoms with Gasteiger partial charge in [0.25, 0.3) is 5.69 Å². The summed E-state index contributed by atoms with van der Waals surface area (Å²) in [5.41, 5.74) is 1.50. The summed E-state index contributed by atoms with van der Waals surface area (Å²) >= 11 is 0. The molecule has 3 rings (SSSR count). The summed E-state index contributed by atoms with van der Waals surface area (Å²) in [5, 5.41) is 17.1. The van der Waals surface area contributed by atoms with Crippen molar-refractivity contribution < 1.29 is 19.2 Å². The number of ether oxygens (including phenoxy) is 2. The molecule has 0 spiro atoms. The zero-order valence-electron chi connectivity index (χ0n) is 17.6. The second-order valence-corrected chi connectivity index (χ2v) is 7.19. The predicted molar refractivity (Wildman–Crippen MR) is 117 cm³/mol. The van der Waals surface area contributed by atoms with Crippen LogP contribution in [-0.2, 0) is 9.53 Å². The number of hydrogen-bond donors (Lipinski definition) is 2. The van der Waals surface area contributed by atoms with E-state index in [1.165, 1.54) is 6.07 Å². The molecule has 1 fully saturated rings. The quantitative estimate of drug-likeness (QED) is 0.443. The normalized spacial score (nSPS) is 15.1. The standard InChI is InChI=1S/C22H28N4O5/c1-30-18-8-6-17(7-9-18)21(25-12-14-31-15-13-25)16-24-22(27)10-11-23-19-4-2-3-5-20(19)26(28)29/h2-9,21,23H,10-16H2,1H3,(H,24,27)/t21-/m0/s1. The van der Waals surface area contributed by atoms with Crippen LogP contribution in [0.15, 0.2) is 48.5 Å². The second kappa shape index (κ2) is 11.3. The molecule has 2 N–H and O–H groups in total. The van der Waals surface area contributed by atoms with Gasteiger partial charge in [0.2, 0.25) is 5.91 Å². The van der Waals surface area contributed by atoms with Crippen molar-refractivity contribution in [2.75, 3.05) is 51.8 Å². The number of hydrogen-bond acceptors (Lipinski definition) is 7. The van der Waals surface area contributed by atoms with Crippen molar-refractivity contribution in [3.63, 3.8) is 0 Å². The molecule has 2 aromatic rings. The minimum atomic E-state index is -0.440. The fraction of sp³-hybridized carbons (Fsp3) is 0.409. The third-order valence-corrected chi connectivity index (χ3v) is 5.25. The van der Waals surface area contributed by atoms with Crippen LogP contribution >= 0.6 is 0 Å². The van der Waals surface area contributed by atoms with E-state index in [-0.39, 0.29) is 24.1 Å². The van der Waals surface area contributed by atoms with Crippen molar-refractivity contribution in [1.82, 2.24) is 10.2 Å². The van der Waals surface area contributed by atoms with Gasteiger partial charge in [0.05, 0.1) is 31.3 Å². The van der Waals surface area contributed by atoms with Gasteiger partial charge in [0.15, 0.2) is 0 Å². The summed E-state index contributed by atoms with van der Waals surface area (Å²) in [6, 6.07) is 14.3. The fourth-order valence-corrected chi connectivity index (χ4v) is 3.56. The molecular weight excluding hydrogens is 400 g/mol. The number of anilines is 1. The molecule has 0 radical (unpaired) electrons. The van der Waals surface area contributed by atoms with Crippen molar-refractivity contribution in [3.05, 3.63) is 64.2 Å². The van der Waals surface area contributed by atoms with E-state index in [0.717, 1.165) is 24.4 Å². The molecule has 1 aliphatic rings. The van der Waals surface area contributed by atoms with Crippen molar-refractivity contribution in [1.29, 1.82) is 0 Å². The number of nitrogens with zero attached hydrogens (tertiary/aromatic N) is 2. The molecule has 1 amide bonds. The number of benzene rings is 2. The highest BCUT2D eigenvalue weighted by atomic mass is 16.6. The first-order valence-electron chi connectivity index (χ1n) is 10.3. The molecular formula is C22H28N4O5. The van der Waals surface area contributed by atoms with E-state index < -0.39 is 4.92 Å². The van der Waals surface area contributed by atoms with Gasteiger partial charge in [-0.3, -0.25) is 19.8 Å². The number of nitrogens with one attached hydrogen (secondary N) is 2. The highest BCUT2D eigenvalue weighted by molar-refractivity contribution is 5.76. The fourth-order valence-electron chi connectivity index (χ4n) is 3.56. The van der Waals surface area contributed by atoms with Crippen molar-refractivity contribution in [2.24, 2.45) is 0 Å². The van der Waals surface area contributed by atoms with Gasteiger partial charge in [-0.1, -0.05) is 24.3 Å². The van der Waals surface area contributed by atoms with Crippen LogP contribution in [0.25, 0.3) is 0 Å². The zero-order valence-corrected chi connectivity index (χ0v) is 17.6. The summed E-state index contributed by atoms with van der Waals surface area (Å²) < 4.78 is 10.7.